The number of rotatable bonds is 1. The van der Waals surface area contributed by atoms with Gasteiger partial charge in [0.15, 0.2) is 5.11 Å². The van der Waals surface area contributed by atoms with Gasteiger partial charge in [-0.3, -0.25) is 0 Å². The zero-order valence-corrected chi connectivity index (χ0v) is 9.16. The Morgan fingerprint density at radius 3 is 2.33 bits per heavy atom. The van der Waals surface area contributed by atoms with Crippen LogP contribution in [0.5, 0.6) is 0 Å². The van der Waals surface area contributed by atoms with Crippen LogP contribution in [0.1, 0.15) is 26.7 Å². The molecule has 0 aliphatic heterocycles. The average molecular weight is 186 g/mol. The molecule has 1 aliphatic rings. The normalized spacial score (nSPS) is 21.3. The summed E-state index contributed by atoms with van der Waals surface area (Å²) >= 11 is 5.14. The lowest BCUT2D eigenvalue weighted by Gasteiger charge is -2.47. The van der Waals surface area contributed by atoms with E-state index in [-0.39, 0.29) is 0 Å². The van der Waals surface area contributed by atoms with Crippen LogP contribution in [0.4, 0.5) is 0 Å². The van der Waals surface area contributed by atoms with Gasteiger partial charge in [0.1, 0.15) is 0 Å². The zero-order chi connectivity index (χ0) is 9.35. The minimum Gasteiger partial charge on any atom is -0.366 e. The molecule has 70 valence electrons. The zero-order valence-electron chi connectivity index (χ0n) is 8.35. The first-order valence-electron chi connectivity index (χ1n) is 4.41. The number of nitrogens with one attached hydrogen (secondary N) is 1. The maximum absolute atomic E-state index is 5.14. The van der Waals surface area contributed by atoms with Gasteiger partial charge < -0.3 is 10.2 Å². The largest absolute Gasteiger partial charge is 0.366 e. The molecule has 1 rings (SSSR count). The Morgan fingerprint density at radius 2 is 2.00 bits per heavy atom. The van der Waals surface area contributed by atoms with Crippen LogP contribution in [0.2, 0.25) is 0 Å². The fourth-order valence-electron chi connectivity index (χ4n) is 1.83. The van der Waals surface area contributed by atoms with Gasteiger partial charge in [-0.1, -0.05) is 13.8 Å². The highest BCUT2D eigenvalue weighted by Crippen LogP contribution is 2.42. The Bertz CT molecular complexity index is 181. The lowest BCUT2D eigenvalue weighted by atomic mass is 9.68. The quantitative estimate of drug-likeness (QED) is 0.626. The van der Waals surface area contributed by atoms with Crippen molar-refractivity contribution < 1.29 is 0 Å². The summed E-state index contributed by atoms with van der Waals surface area (Å²) in [6.45, 7) is 4.61. The molecule has 1 saturated carbocycles. The summed E-state index contributed by atoms with van der Waals surface area (Å²) in [6, 6.07) is 0.653. The van der Waals surface area contributed by atoms with Gasteiger partial charge in [-0.2, -0.15) is 0 Å². The predicted molar refractivity (Wildman–Crippen MR) is 56.2 cm³/mol. The van der Waals surface area contributed by atoms with E-state index in [9.17, 15) is 0 Å². The van der Waals surface area contributed by atoms with Crippen LogP contribution in [0.25, 0.3) is 0 Å². The van der Waals surface area contributed by atoms with Crippen LogP contribution in [0.3, 0.4) is 0 Å². The van der Waals surface area contributed by atoms with Gasteiger partial charge in [0.2, 0.25) is 0 Å². The van der Waals surface area contributed by atoms with Gasteiger partial charge in [-0.25, -0.2) is 0 Å². The summed E-state index contributed by atoms with van der Waals surface area (Å²) in [6.07, 6.45) is 2.51. The molecule has 0 heterocycles. The van der Waals surface area contributed by atoms with Crippen molar-refractivity contribution in [3.05, 3.63) is 0 Å². The first-order chi connectivity index (χ1) is 5.46. The first kappa shape index (κ1) is 9.78. The third-order valence-corrected chi connectivity index (χ3v) is 3.15. The fraction of sp³-hybridized carbons (Fsp3) is 0.889. The topological polar surface area (TPSA) is 15.3 Å². The maximum atomic E-state index is 5.14. The minimum absolute atomic E-state index is 0.530. The van der Waals surface area contributed by atoms with Gasteiger partial charge in [-0.15, -0.1) is 0 Å². The van der Waals surface area contributed by atoms with E-state index in [0.717, 1.165) is 5.11 Å². The molecule has 2 nitrogen and oxygen atoms in total. The van der Waals surface area contributed by atoms with E-state index in [2.05, 4.69) is 31.1 Å². The molecule has 1 aliphatic carbocycles. The van der Waals surface area contributed by atoms with Crippen molar-refractivity contribution >= 4 is 17.3 Å². The number of thiocarbonyl (C=S) groups is 1. The van der Waals surface area contributed by atoms with Gasteiger partial charge in [0.05, 0.1) is 0 Å². The molecule has 0 atom stereocenters. The summed E-state index contributed by atoms with van der Waals surface area (Å²) in [5, 5.41) is 3.86. The summed E-state index contributed by atoms with van der Waals surface area (Å²) in [4.78, 5) is 2.17. The second-order valence-corrected chi connectivity index (χ2v) is 4.78. The van der Waals surface area contributed by atoms with Crippen molar-refractivity contribution in [1.29, 1.82) is 0 Å². The summed E-state index contributed by atoms with van der Waals surface area (Å²) in [5.74, 6) is 0. The highest BCUT2D eigenvalue weighted by molar-refractivity contribution is 7.80. The molecule has 0 unspecified atom stereocenters. The molecule has 1 N–H and O–H groups in total. The second kappa shape index (κ2) is 3.21. The van der Waals surface area contributed by atoms with Crippen molar-refractivity contribution in [2.45, 2.75) is 32.7 Å². The third kappa shape index (κ3) is 1.89. The number of hydrogen-bond acceptors (Lipinski definition) is 1. The molecule has 3 heteroatoms. The van der Waals surface area contributed by atoms with E-state index in [4.69, 9.17) is 12.2 Å². The Hall–Kier alpha value is -0.310. The second-order valence-electron chi connectivity index (χ2n) is 4.39. The van der Waals surface area contributed by atoms with Crippen LogP contribution in [0, 0.1) is 5.41 Å². The standard InChI is InChI=1S/C9H18N2S/c1-9(2)5-7(6-9)11(4)8(12)10-3/h7H,5-6H2,1-4H3,(H,10,12). The van der Waals surface area contributed by atoms with Crippen molar-refractivity contribution in [1.82, 2.24) is 10.2 Å². The van der Waals surface area contributed by atoms with Gasteiger partial charge in [0, 0.05) is 20.1 Å². The lowest BCUT2D eigenvalue weighted by Crippen LogP contribution is -2.51. The van der Waals surface area contributed by atoms with Gasteiger partial charge >= 0.3 is 0 Å². The Balaban J connectivity index is 2.38. The molecular weight excluding hydrogens is 168 g/mol. The molecule has 0 aromatic carbocycles. The monoisotopic (exact) mass is 186 g/mol. The van der Waals surface area contributed by atoms with Crippen LogP contribution < -0.4 is 5.32 Å². The van der Waals surface area contributed by atoms with Crippen molar-refractivity contribution in [3.8, 4) is 0 Å². The molecule has 1 fully saturated rings. The molecule has 0 saturated heterocycles. The maximum Gasteiger partial charge on any atom is 0.168 e. The van der Waals surface area contributed by atoms with E-state index >= 15 is 0 Å². The highest BCUT2D eigenvalue weighted by atomic mass is 32.1. The van der Waals surface area contributed by atoms with Crippen LogP contribution in [-0.4, -0.2) is 30.1 Å². The van der Waals surface area contributed by atoms with E-state index in [1.807, 2.05) is 7.05 Å². The third-order valence-electron chi connectivity index (χ3n) is 2.66. The minimum atomic E-state index is 0.530. The highest BCUT2D eigenvalue weighted by Gasteiger charge is 2.38. The Morgan fingerprint density at radius 1 is 1.50 bits per heavy atom. The summed E-state index contributed by atoms with van der Waals surface area (Å²) in [5.41, 5.74) is 0.530. The molecule has 0 spiro atoms. The molecule has 0 amide bonds. The van der Waals surface area contributed by atoms with E-state index in [1.54, 1.807) is 0 Å². The van der Waals surface area contributed by atoms with E-state index in [0.29, 0.717) is 11.5 Å². The lowest BCUT2D eigenvalue weighted by molar-refractivity contribution is 0.0791. The molecule has 12 heavy (non-hydrogen) atoms. The Labute approximate surface area is 80.3 Å². The summed E-state index contributed by atoms with van der Waals surface area (Å²) in [7, 11) is 3.95. The van der Waals surface area contributed by atoms with Gasteiger partial charge in [-0.05, 0) is 30.5 Å². The number of nitrogens with zero attached hydrogens (tertiary/aromatic N) is 1. The van der Waals surface area contributed by atoms with Crippen LogP contribution in [0.15, 0.2) is 0 Å². The van der Waals surface area contributed by atoms with Gasteiger partial charge in [0.25, 0.3) is 0 Å². The smallest absolute Gasteiger partial charge is 0.168 e. The molecule has 0 radical (unpaired) electrons. The van der Waals surface area contributed by atoms with E-state index < -0.39 is 0 Å². The molecular formula is C9H18N2S. The van der Waals surface area contributed by atoms with E-state index in [1.165, 1.54) is 12.8 Å². The first-order valence-corrected chi connectivity index (χ1v) is 4.81. The number of hydrogen-bond donors (Lipinski definition) is 1. The molecule has 0 aromatic rings. The SMILES string of the molecule is CNC(=S)N(C)C1CC(C)(C)C1. The van der Waals surface area contributed by atoms with Crippen molar-refractivity contribution in [2.75, 3.05) is 14.1 Å². The van der Waals surface area contributed by atoms with Crippen molar-refractivity contribution in [2.24, 2.45) is 5.41 Å². The van der Waals surface area contributed by atoms with Crippen molar-refractivity contribution in [3.63, 3.8) is 0 Å². The Kier molecular flexibility index (Phi) is 2.61. The predicted octanol–water partition coefficient (Wildman–Crippen LogP) is 1.61. The van der Waals surface area contributed by atoms with Crippen LogP contribution in [-0.2, 0) is 0 Å². The average Bonchev–Trinajstić information content (AvgIpc) is 1.97. The summed E-state index contributed by atoms with van der Waals surface area (Å²) < 4.78 is 0. The van der Waals surface area contributed by atoms with Crippen LogP contribution >= 0.6 is 12.2 Å². The molecule has 0 aromatic heterocycles. The fourth-order valence-corrected chi connectivity index (χ4v) is 1.98. The molecule has 0 bridgehead atoms.